The first-order valence-electron chi connectivity index (χ1n) is 6.29. The summed E-state index contributed by atoms with van der Waals surface area (Å²) in [7, 11) is 0. The lowest BCUT2D eigenvalue weighted by Gasteiger charge is -2.24. The molecule has 2 rings (SSSR count). The zero-order valence-corrected chi connectivity index (χ0v) is 10.0. The Morgan fingerprint density at radius 1 is 1.50 bits per heavy atom. The molecule has 2 fully saturated rings. The van der Waals surface area contributed by atoms with E-state index in [4.69, 9.17) is 0 Å². The van der Waals surface area contributed by atoms with Crippen LogP contribution in [0.15, 0.2) is 0 Å². The molecule has 0 aromatic carbocycles. The van der Waals surface area contributed by atoms with Gasteiger partial charge in [0.05, 0.1) is 5.60 Å². The van der Waals surface area contributed by atoms with Crippen molar-refractivity contribution >= 4 is 5.91 Å². The molecule has 16 heavy (non-hydrogen) atoms. The number of carbonyl (C=O) groups is 1. The number of aliphatic hydroxyl groups is 1. The molecule has 0 aliphatic carbocycles. The average molecular weight is 226 g/mol. The molecule has 0 saturated carbocycles. The van der Waals surface area contributed by atoms with Gasteiger partial charge in [0.1, 0.15) is 0 Å². The van der Waals surface area contributed by atoms with Crippen molar-refractivity contribution in [3.63, 3.8) is 0 Å². The van der Waals surface area contributed by atoms with Crippen LogP contribution in [0.25, 0.3) is 0 Å². The van der Waals surface area contributed by atoms with Gasteiger partial charge in [-0.15, -0.1) is 0 Å². The van der Waals surface area contributed by atoms with Crippen LogP contribution in [0.5, 0.6) is 0 Å². The number of nitrogens with one attached hydrogen (secondary N) is 1. The Morgan fingerprint density at radius 2 is 2.31 bits per heavy atom. The molecule has 4 heteroatoms. The van der Waals surface area contributed by atoms with Crippen LogP contribution in [0.1, 0.15) is 39.0 Å². The number of amides is 1. The fourth-order valence-corrected chi connectivity index (χ4v) is 2.63. The summed E-state index contributed by atoms with van der Waals surface area (Å²) in [5, 5.41) is 13.0. The van der Waals surface area contributed by atoms with E-state index in [0.29, 0.717) is 12.5 Å². The van der Waals surface area contributed by atoms with Crippen molar-refractivity contribution in [2.24, 2.45) is 0 Å². The molecule has 2 saturated heterocycles. The minimum atomic E-state index is -0.492. The van der Waals surface area contributed by atoms with Crippen molar-refractivity contribution in [2.45, 2.75) is 50.7 Å². The maximum Gasteiger partial charge on any atom is 0.220 e. The highest BCUT2D eigenvalue weighted by Gasteiger charge is 2.28. The molecule has 2 atom stereocenters. The molecule has 2 aliphatic heterocycles. The van der Waals surface area contributed by atoms with E-state index in [1.54, 1.807) is 0 Å². The normalized spacial score (nSPS) is 37.1. The Bertz CT molecular complexity index is 266. The first-order valence-corrected chi connectivity index (χ1v) is 6.29. The molecule has 92 valence electrons. The number of carbonyl (C=O) groups excluding carboxylic acids is 1. The molecule has 0 aromatic heterocycles. The molecule has 2 unspecified atom stereocenters. The first kappa shape index (κ1) is 11.9. The Balaban J connectivity index is 1.80. The van der Waals surface area contributed by atoms with Crippen LogP contribution in [-0.2, 0) is 4.79 Å². The van der Waals surface area contributed by atoms with Crippen LogP contribution in [0.2, 0.25) is 0 Å². The molecule has 0 spiro atoms. The maximum absolute atomic E-state index is 11.1. The van der Waals surface area contributed by atoms with Crippen molar-refractivity contribution in [3.8, 4) is 0 Å². The van der Waals surface area contributed by atoms with Gasteiger partial charge >= 0.3 is 0 Å². The summed E-state index contributed by atoms with van der Waals surface area (Å²) in [6, 6.07) is 0.329. The fraction of sp³-hybridized carbons (Fsp3) is 0.917. The molecular weight excluding hydrogens is 204 g/mol. The molecule has 0 radical (unpaired) electrons. The SMILES string of the molecule is CC1(O)CCCN(CC2CCC(=O)N2)CC1. The lowest BCUT2D eigenvalue weighted by molar-refractivity contribution is -0.119. The minimum Gasteiger partial charge on any atom is -0.390 e. The number of hydrogen-bond acceptors (Lipinski definition) is 3. The smallest absolute Gasteiger partial charge is 0.220 e. The van der Waals surface area contributed by atoms with Gasteiger partial charge in [0.2, 0.25) is 5.91 Å². The van der Waals surface area contributed by atoms with Gasteiger partial charge in [-0.3, -0.25) is 4.79 Å². The first-order chi connectivity index (χ1) is 7.55. The quantitative estimate of drug-likeness (QED) is 0.721. The van der Waals surface area contributed by atoms with Crippen LogP contribution >= 0.6 is 0 Å². The predicted molar refractivity (Wildman–Crippen MR) is 62.1 cm³/mol. The van der Waals surface area contributed by atoms with Gasteiger partial charge in [-0.25, -0.2) is 0 Å². The molecule has 2 aliphatic rings. The van der Waals surface area contributed by atoms with E-state index in [0.717, 1.165) is 45.3 Å². The van der Waals surface area contributed by atoms with Gasteiger partial charge < -0.3 is 15.3 Å². The summed E-state index contributed by atoms with van der Waals surface area (Å²) >= 11 is 0. The van der Waals surface area contributed by atoms with Gasteiger partial charge in [-0.1, -0.05) is 0 Å². The maximum atomic E-state index is 11.1. The van der Waals surface area contributed by atoms with E-state index in [1.165, 1.54) is 0 Å². The van der Waals surface area contributed by atoms with E-state index >= 15 is 0 Å². The highest BCUT2D eigenvalue weighted by Crippen LogP contribution is 2.22. The zero-order valence-electron chi connectivity index (χ0n) is 10.0. The van der Waals surface area contributed by atoms with Crippen LogP contribution in [0, 0.1) is 0 Å². The summed E-state index contributed by atoms with van der Waals surface area (Å²) in [5.74, 6) is 0.187. The van der Waals surface area contributed by atoms with Gasteiger partial charge in [-0.2, -0.15) is 0 Å². The zero-order chi connectivity index (χ0) is 11.6. The number of nitrogens with zero attached hydrogens (tertiary/aromatic N) is 1. The third-order valence-electron chi connectivity index (χ3n) is 3.72. The topological polar surface area (TPSA) is 52.6 Å². The Kier molecular flexibility index (Phi) is 3.50. The number of rotatable bonds is 2. The second-order valence-electron chi connectivity index (χ2n) is 5.45. The minimum absolute atomic E-state index is 0.187. The van der Waals surface area contributed by atoms with Crippen LogP contribution in [-0.4, -0.2) is 47.2 Å². The van der Waals surface area contributed by atoms with E-state index < -0.39 is 5.60 Å². The van der Waals surface area contributed by atoms with Crippen LogP contribution < -0.4 is 5.32 Å². The van der Waals surface area contributed by atoms with Crippen molar-refractivity contribution in [1.29, 1.82) is 0 Å². The van der Waals surface area contributed by atoms with Gasteiger partial charge in [0.25, 0.3) is 0 Å². The highest BCUT2D eigenvalue weighted by molar-refractivity contribution is 5.78. The van der Waals surface area contributed by atoms with Crippen molar-refractivity contribution in [1.82, 2.24) is 10.2 Å². The summed E-state index contributed by atoms with van der Waals surface area (Å²) in [4.78, 5) is 13.5. The van der Waals surface area contributed by atoms with E-state index in [2.05, 4.69) is 10.2 Å². The molecule has 0 aromatic rings. The lowest BCUT2D eigenvalue weighted by Crippen LogP contribution is -2.39. The van der Waals surface area contributed by atoms with Crippen LogP contribution in [0.3, 0.4) is 0 Å². The largest absolute Gasteiger partial charge is 0.390 e. The third kappa shape index (κ3) is 3.19. The predicted octanol–water partition coefficient (Wildman–Crippen LogP) is 0.502. The molecule has 0 bridgehead atoms. The number of likely N-dealkylation sites (tertiary alicyclic amines) is 1. The van der Waals surface area contributed by atoms with Crippen molar-refractivity contribution in [2.75, 3.05) is 19.6 Å². The fourth-order valence-electron chi connectivity index (χ4n) is 2.63. The standard InChI is InChI=1S/C12H22N2O2/c1-12(16)5-2-7-14(8-6-12)9-10-3-4-11(15)13-10/h10,16H,2-9H2,1H3,(H,13,15). The lowest BCUT2D eigenvalue weighted by atomic mass is 9.98. The van der Waals surface area contributed by atoms with Gasteiger partial charge in [-0.05, 0) is 39.2 Å². The van der Waals surface area contributed by atoms with Crippen molar-refractivity contribution in [3.05, 3.63) is 0 Å². The van der Waals surface area contributed by atoms with E-state index in [1.807, 2.05) is 6.92 Å². The summed E-state index contributed by atoms with van der Waals surface area (Å²) in [5.41, 5.74) is -0.492. The Morgan fingerprint density at radius 3 is 3.00 bits per heavy atom. The molecular formula is C12H22N2O2. The molecule has 2 N–H and O–H groups in total. The highest BCUT2D eigenvalue weighted by atomic mass is 16.3. The Hall–Kier alpha value is -0.610. The molecule has 1 amide bonds. The average Bonchev–Trinajstić information content (AvgIpc) is 2.52. The summed E-state index contributed by atoms with van der Waals surface area (Å²) in [6.07, 6.45) is 4.42. The molecule has 2 heterocycles. The number of hydrogen-bond donors (Lipinski definition) is 2. The van der Waals surface area contributed by atoms with Gasteiger partial charge in [0.15, 0.2) is 0 Å². The summed E-state index contributed by atoms with van der Waals surface area (Å²) in [6.45, 7) is 4.86. The molecule has 4 nitrogen and oxygen atoms in total. The second-order valence-corrected chi connectivity index (χ2v) is 5.45. The third-order valence-corrected chi connectivity index (χ3v) is 3.72. The van der Waals surface area contributed by atoms with Crippen LogP contribution in [0.4, 0.5) is 0 Å². The second kappa shape index (κ2) is 4.72. The van der Waals surface area contributed by atoms with E-state index in [9.17, 15) is 9.90 Å². The van der Waals surface area contributed by atoms with E-state index in [-0.39, 0.29) is 5.91 Å². The van der Waals surface area contributed by atoms with Gasteiger partial charge in [0, 0.05) is 25.6 Å². The van der Waals surface area contributed by atoms with Crippen molar-refractivity contribution < 1.29 is 9.90 Å². The monoisotopic (exact) mass is 226 g/mol. The summed E-state index contributed by atoms with van der Waals surface area (Å²) < 4.78 is 0. The Labute approximate surface area is 97.0 Å².